The summed E-state index contributed by atoms with van der Waals surface area (Å²) in [7, 11) is 0. The van der Waals surface area contributed by atoms with E-state index in [1.54, 1.807) is 6.07 Å². The fourth-order valence-corrected chi connectivity index (χ4v) is 3.26. The Morgan fingerprint density at radius 2 is 2.04 bits per heavy atom. The number of benzene rings is 1. The van der Waals surface area contributed by atoms with E-state index in [0.717, 1.165) is 24.0 Å². The molecule has 1 atom stereocenters. The van der Waals surface area contributed by atoms with Crippen LogP contribution in [0.5, 0.6) is 0 Å². The Morgan fingerprint density at radius 3 is 2.77 bits per heavy atom. The molecule has 0 aromatic heterocycles. The van der Waals surface area contributed by atoms with Gasteiger partial charge in [0.1, 0.15) is 12.1 Å². The number of nitrogens with one attached hydrogen (secondary N) is 2. The molecular formula is C18H19N3O5. The van der Waals surface area contributed by atoms with Gasteiger partial charge in [-0.1, -0.05) is 12.1 Å². The van der Waals surface area contributed by atoms with Crippen LogP contribution in [0.15, 0.2) is 18.2 Å². The molecule has 0 spiro atoms. The first kappa shape index (κ1) is 16.6. The number of carbonyl (C=O) groups is 4. The fraction of sp³-hybridized carbons (Fsp3) is 0.444. The molecule has 0 bridgehead atoms. The summed E-state index contributed by atoms with van der Waals surface area (Å²) in [5.41, 5.74) is 2.16. The van der Waals surface area contributed by atoms with Crippen LogP contribution in [0, 0.1) is 0 Å². The lowest BCUT2D eigenvalue weighted by Crippen LogP contribution is -2.52. The zero-order valence-electron chi connectivity index (χ0n) is 14.1. The van der Waals surface area contributed by atoms with Crippen molar-refractivity contribution < 1.29 is 23.9 Å². The highest BCUT2D eigenvalue weighted by molar-refractivity contribution is 6.05. The van der Waals surface area contributed by atoms with Gasteiger partial charge in [0.2, 0.25) is 11.8 Å². The first-order valence-electron chi connectivity index (χ1n) is 8.72. The van der Waals surface area contributed by atoms with Crippen LogP contribution in [-0.4, -0.2) is 40.9 Å². The summed E-state index contributed by atoms with van der Waals surface area (Å²) in [6.07, 6.45) is 1.98. The smallest absolute Gasteiger partial charge is 0.407 e. The van der Waals surface area contributed by atoms with Gasteiger partial charge >= 0.3 is 6.09 Å². The molecule has 4 rings (SSSR count). The van der Waals surface area contributed by atoms with E-state index in [1.807, 2.05) is 12.1 Å². The average Bonchev–Trinajstić information content (AvgIpc) is 3.36. The molecule has 2 N–H and O–H groups in total. The van der Waals surface area contributed by atoms with E-state index >= 15 is 0 Å². The topological polar surface area (TPSA) is 105 Å². The molecule has 2 heterocycles. The summed E-state index contributed by atoms with van der Waals surface area (Å²) < 4.78 is 5.12. The number of imide groups is 1. The number of nitrogens with zero attached hydrogens (tertiary/aromatic N) is 1. The molecule has 1 aliphatic carbocycles. The number of hydrogen-bond acceptors (Lipinski definition) is 5. The summed E-state index contributed by atoms with van der Waals surface area (Å²) >= 11 is 0. The second-order valence-corrected chi connectivity index (χ2v) is 6.85. The molecule has 8 nitrogen and oxygen atoms in total. The summed E-state index contributed by atoms with van der Waals surface area (Å²) in [6.45, 7) is 0.613. The quantitative estimate of drug-likeness (QED) is 0.777. The number of piperidine rings is 1. The van der Waals surface area contributed by atoms with Gasteiger partial charge in [-0.25, -0.2) is 4.79 Å². The van der Waals surface area contributed by atoms with Crippen molar-refractivity contribution in [2.24, 2.45) is 0 Å². The van der Waals surface area contributed by atoms with Crippen molar-refractivity contribution in [1.82, 2.24) is 15.5 Å². The minimum atomic E-state index is -0.623. The highest BCUT2D eigenvalue weighted by Crippen LogP contribution is 2.28. The molecule has 4 amide bonds. The zero-order valence-corrected chi connectivity index (χ0v) is 14.1. The third-order valence-corrected chi connectivity index (χ3v) is 4.83. The summed E-state index contributed by atoms with van der Waals surface area (Å²) in [5, 5.41) is 4.96. The van der Waals surface area contributed by atoms with Crippen molar-refractivity contribution in [2.75, 3.05) is 0 Å². The maximum absolute atomic E-state index is 12.7. The number of rotatable bonds is 4. The third-order valence-electron chi connectivity index (χ3n) is 4.83. The second-order valence-electron chi connectivity index (χ2n) is 6.85. The highest BCUT2D eigenvalue weighted by Gasteiger charge is 2.39. The van der Waals surface area contributed by atoms with Crippen LogP contribution in [-0.2, 0) is 27.4 Å². The normalized spacial score (nSPS) is 22.1. The van der Waals surface area contributed by atoms with E-state index in [1.165, 1.54) is 4.90 Å². The van der Waals surface area contributed by atoms with Crippen molar-refractivity contribution in [1.29, 1.82) is 0 Å². The molecule has 0 radical (unpaired) electrons. The Kier molecular flexibility index (Phi) is 4.10. The Hall–Kier alpha value is -2.90. The van der Waals surface area contributed by atoms with E-state index < -0.39 is 18.0 Å². The first-order chi connectivity index (χ1) is 12.5. The molecule has 8 heteroatoms. The number of amides is 4. The van der Waals surface area contributed by atoms with Gasteiger partial charge in [0.05, 0.1) is 0 Å². The number of hydrogen-bond donors (Lipinski definition) is 2. The zero-order chi connectivity index (χ0) is 18.3. The molecule has 26 heavy (non-hydrogen) atoms. The second kappa shape index (κ2) is 6.44. The van der Waals surface area contributed by atoms with Crippen molar-refractivity contribution in [3.8, 4) is 0 Å². The predicted octanol–water partition coefficient (Wildman–Crippen LogP) is 0.836. The first-order valence-corrected chi connectivity index (χ1v) is 8.72. The Morgan fingerprint density at radius 1 is 1.23 bits per heavy atom. The Balaban J connectivity index is 1.42. The van der Waals surface area contributed by atoms with Gasteiger partial charge in [-0.05, 0) is 36.5 Å². The molecule has 1 aromatic rings. The number of ether oxygens (including phenoxy) is 1. The minimum Gasteiger partial charge on any atom is -0.446 e. The van der Waals surface area contributed by atoms with Crippen LogP contribution in [0.4, 0.5) is 4.79 Å². The minimum absolute atomic E-state index is 0.0404. The monoisotopic (exact) mass is 357 g/mol. The van der Waals surface area contributed by atoms with Gasteiger partial charge < -0.3 is 15.0 Å². The van der Waals surface area contributed by atoms with Crippen molar-refractivity contribution in [2.45, 2.75) is 50.9 Å². The van der Waals surface area contributed by atoms with Gasteiger partial charge in [0.15, 0.2) is 0 Å². The molecule has 1 saturated heterocycles. The van der Waals surface area contributed by atoms with Gasteiger partial charge in [0.25, 0.3) is 5.91 Å². The van der Waals surface area contributed by atoms with Crippen molar-refractivity contribution in [3.63, 3.8) is 0 Å². The SMILES string of the molecule is O=C1CCC(N2Cc3ccc(CNC(=O)OC4CC4)cc3C2=O)C(=O)N1. The molecule has 2 fully saturated rings. The van der Waals surface area contributed by atoms with Crippen LogP contribution < -0.4 is 10.6 Å². The standard InChI is InChI=1S/C18H19N3O5/c22-15-6-5-14(16(23)20-15)21-9-11-2-1-10(7-13(11)17(21)24)8-19-18(25)26-12-3-4-12/h1-2,7,12,14H,3-6,8-9H2,(H,19,25)(H,20,22,23). The van der Waals surface area contributed by atoms with E-state index in [-0.39, 0.29) is 30.9 Å². The van der Waals surface area contributed by atoms with E-state index in [4.69, 9.17) is 4.74 Å². The van der Waals surface area contributed by atoms with Gasteiger partial charge in [-0.15, -0.1) is 0 Å². The van der Waals surface area contributed by atoms with E-state index in [0.29, 0.717) is 18.5 Å². The highest BCUT2D eigenvalue weighted by atomic mass is 16.6. The lowest BCUT2D eigenvalue weighted by atomic mass is 10.0. The van der Waals surface area contributed by atoms with Crippen LogP contribution in [0.1, 0.15) is 47.2 Å². The van der Waals surface area contributed by atoms with Crippen molar-refractivity contribution in [3.05, 3.63) is 34.9 Å². The van der Waals surface area contributed by atoms with Crippen molar-refractivity contribution >= 4 is 23.8 Å². The van der Waals surface area contributed by atoms with Gasteiger partial charge in [0, 0.05) is 25.1 Å². The molecule has 1 saturated carbocycles. The van der Waals surface area contributed by atoms with Gasteiger partial charge in [-0.2, -0.15) is 0 Å². The lowest BCUT2D eigenvalue weighted by Gasteiger charge is -2.29. The third kappa shape index (κ3) is 3.26. The summed E-state index contributed by atoms with van der Waals surface area (Å²) in [4.78, 5) is 49.2. The van der Waals surface area contributed by atoms with Crippen LogP contribution >= 0.6 is 0 Å². The van der Waals surface area contributed by atoms with Crippen LogP contribution in [0.25, 0.3) is 0 Å². The molecular weight excluding hydrogens is 338 g/mol. The molecule has 1 unspecified atom stereocenters. The van der Waals surface area contributed by atoms with Gasteiger partial charge in [-0.3, -0.25) is 19.7 Å². The number of alkyl carbamates (subject to hydrolysis) is 1. The Bertz CT molecular complexity index is 802. The molecule has 3 aliphatic rings. The van der Waals surface area contributed by atoms with E-state index in [9.17, 15) is 19.2 Å². The number of fused-ring (bicyclic) bond motifs is 1. The molecule has 1 aromatic carbocycles. The maximum Gasteiger partial charge on any atom is 0.407 e. The fourth-order valence-electron chi connectivity index (χ4n) is 3.26. The Labute approximate surface area is 149 Å². The largest absolute Gasteiger partial charge is 0.446 e. The van der Waals surface area contributed by atoms with Crippen LogP contribution in [0.3, 0.4) is 0 Å². The summed E-state index contributed by atoms with van der Waals surface area (Å²) in [5.74, 6) is -0.953. The summed E-state index contributed by atoms with van der Waals surface area (Å²) in [6, 6.07) is 4.79. The predicted molar refractivity (Wildman–Crippen MR) is 88.8 cm³/mol. The lowest BCUT2D eigenvalue weighted by molar-refractivity contribution is -0.136. The number of carbonyl (C=O) groups excluding carboxylic acids is 4. The molecule has 136 valence electrons. The molecule has 2 aliphatic heterocycles. The maximum atomic E-state index is 12.7. The average molecular weight is 357 g/mol. The van der Waals surface area contributed by atoms with E-state index in [2.05, 4.69) is 10.6 Å². The van der Waals surface area contributed by atoms with Crippen LogP contribution in [0.2, 0.25) is 0 Å².